The first-order valence-corrected chi connectivity index (χ1v) is 10.4. The van der Waals surface area contributed by atoms with E-state index < -0.39 is 6.10 Å². The van der Waals surface area contributed by atoms with Gasteiger partial charge in [-0.05, 0) is 41.4 Å². The van der Waals surface area contributed by atoms with E-state index in [1.165, 1.54) is 12.5 Å². The SMILES string of the molecule is COc1cc2c(cc1OCc1ccccc1)-c1ccccc1CN(C)CC2OC(C)=O. The van der Waals surface area contributed by atoms with Crippen LogP contribution in [0.15, 0.2) is 66.7 Å². The lowest BCUT2D eigenvalue weighted by Crippen LogP contribution is -2.29. The first-order chi connectivity index (χ1) is 15.0. The van der Waals surface area contributed by atoms with Crippen molar-refractivity contribution in [3.05, 3.63) is 83.4 Å². The summed E-state index contributed by atoms with van der Waals surface area (Å²) in [5.74, 6) is 0.976. The minimum absolute atomic E-state index is 0.304. The van der Waals surface area contributed by atoms with Gasteiger partial charge in [0.2, 0.25) is 0 Å². The van der Waals surface area contributed by atoms with E-state index in [-0.39, 0.29) is 5.97 Å². The normalized spacial score (nSPS) is 15.8. The molecule has 0 saturated heterocycles. The number of carbonyl (C=O) groups excluding carboxylic acids is 1. The minimum atomic E-state index is -0.400. The van der Waals surface area contributed by atoms with Gasteiger partial charge in [0.1, 0.15) is 12.7 Å². The molecule has 0 aliphatic carbocycles. The second-order valence-corrected chi connectivity index (χ2v) is 7.82. The molecular formula is C26H27NO4. The van der Waals surface area contributed by atoms with Crippen LogP contribution in [0.2, 0.25) is 0 Å². The van der Waals surface area contributed by atoms with Crippen LogP contribution in [0, 0.1) is 0 Å². The third-order valence-electron chi connectivity index (χ3n) is 5.45. The molecule has 31 heavy (non-hydrogen) atoms. The third-order valence-corrected chi connectivity index (χ3v) is 5.45. The topological polar surface area (TPSA) is 48.0 Å². The predicted molar refractivity (Wildman–Crippen MR) is 120 cm³/mol. The Hall–Kier alpha value is -3.31. The van der Waals surface area contributed by atoms with Crippen LogP contribution in [-0.2, 0) is 22.7 Å². The van der Waals surface area contributed by atoms with Gasteiger partial charge in [-0.15, -0.1) is 0 Å². The fraction of sp³-hybridized carbons (Fsp3) is 0.269. The summed E-state index contributed by atoms with van der Waals surface area (Å²) in [5.41, 5.74) is 5.31. The maximum atomic E-state index is 11.9. The molecule has 0 radical (unpaired) electrons. The second-order valence-electron chi connectivity index (χ2n) is 7.82. The Morgan fingerprint density at radius 2 is 1.74 bits per heavy atom. The van der Waals surface area contributed by atoms with E-state index >= 15 is 0 Å². The molecule has 0 spiro atoms. The largest absolute Gasteiger partial charge is 0.493 e. The zero-order valence-corrected chi connectivity index (χ0v) is 18.1. The Morgan fingerprint density at radius 3 is 2.48 bits per heavy atom. The summed E-state index contributed by atoms with van der Waals surface area (Å²) >= 11 is 0. The van der Waals surface area contributed by atoms with Crippen molar-refractivity contribution in [2.24, 2.45) is 0 Å². The number of methoxy groups -OCH3 is 1. The number of likely N-dealkylation sites (N-methyl/N-ethyl adjacent to an activating group) is 1. The van der Waals surface area contributed by atoms with Crippen LogP contribution in [0.4, 0.5) is 0 Å². The van der Waals surface area contributed by atoms with Crippen LogP contribution in [0.25, 0.3) is 11.1 Å². The molecule has 1 unspecified atom stereocenters. The molecule has 4 rings (SSSR count). The Kier molecular flexibility index (Phi) is 6.23. The van der Waals surface area contributed by atoms with E-state index in [2.05, 4.69) is 17.0 Å². The molecule has 160 valence electrons. The quantitative estimate of drug-likeness (QED) is 0.548. The number of esters is 1. The average Bonchev–Trinajstić information content (AvgIpc) is 2.76. The van der Waals surface area contributed by atoms with Crippen molar-refractivity contribution in [3.8, 4) is 22.6 Å². The summed E-state index contributed by atoms with van der Waals surface area (Å²) in [7, 11) is 3.66. The predicted octanol–water partition coefficient (Wildman–Crippen LogP) is 4.99. The molecule has 1 heterocycles. The number of ether oxygens (including phenoxy) is 3. The molecule has 0 fully saturated rings. The third kappa shape index (κ3) is 4.72. The van der Waals surface area contributed by atoms with Crippen LogP contribution in [-0.4, -0.2) is 31.6 Å². The van der Waals surface area contributed by atoms with Crippen LogP contribution in [0.5, 0.6) is 11.5 Å². The highest BCUT2D eigenvalue weighted by Gasteiger charge is 2.27. The van der Waals surface area contributed by atoms with Gasteiger partial charge in [0.25, 0.3) is 0 Å². The maximum absolute atomic E-state index is 11.9. The first-order valence-electron chi connectivity index (χ1n) is 10.4. The Morgan fingerprint density at radius 1 is 1.00 bits per heavy atom. The summed E-state index contributed by atoms with van der Waals surface area (Å²) in [6.07, 6.45) is -0.400. The molecule has 0 aromatic heterocycles. The van der Waals surface area contributed by atoms with Crippen molar-refractivity contribution in [3.63, 3.8) is 0 Å². The maximum Gasteiger partial charge on any atom is 0.303 e. The molecule has 0 N–H and O–H groups in total. The van der Waals surface area contributed by atoms with E-state index in [1.54, 1.807) is 7.11 Å². The van der Waals surface area contributed by atoms with Crippen LogP contribution < -0.4 is 9.47 Å². The Bertz CT molecular complexity index is 1060. The van der Waals surface area contributed by atoms with Crippen LogP contribution in [0.1, 0.15) is 29.7 Å². The van der Waals surface area contributed by atoms with E-state index in [1.807, 2.05) is 61.6 Å². The van der Waals surface area contributed by atoms with Gasteiger partial charge in [0.05, 0.1) is 7.11 Å². The Balaban J connectivity index is 1.82. The minimum Gasteiger partial charge on any atom is -0.493 e. The van der Waals surface area contributed by atoms with Gasteiger partial charge in [-0.25, -0.2) is 0 Å². The number of nitrogens with zero attached hydrogens (tertiary/aromatic N) is 1. The highest BCUT2D eigenvalue weighted by Crippen LogP contribution is 2.42. The van der Waals surface area contributed by atoms with Gasteiger partial charge in [-0.3, -0.25) is 9.69 Å². The molecule has 0 saturated carbocycles. The lowest BCUT2D eigenvalue weighted by molar-refractivity contribution is -0.147. The van der Waals surface area contributed by atoms with Crippen molar-refractivity contribution < 1.29 is 19.0 Å². The highest BCUT2D eigenvalue weighted by atomic mass is 16.5. The van der Waals surface area contributed by atoms with Gasteiger partial charge in [-0.2, -0.15) is 0 Å². The lowest BCUT2D eigenvalue weighted by Gasteiger charge is -2.30. The van der Waals surface area contributed by atoms with E-state index in [0.29, 0.717) is 24.7 Å². The summed E-state index contributed by atoms with van der Waals surface area (Å²) in [6.45, 7) is 3.24. The molecule has 5 heteroatoms. The summed E-state index contributed by atoms with van der Waals surface area (Å²) in [5, 5.41) is 0. The van der Waals surface area contributed by atoms with E-state index in [0.717, 1.165) is 28.8 Å². The zero-order chi connectivity index (χ0) is 21.8. The fourth-order valence-corrected chi connectivity index (χ4v) is 4.04. The molecule has 5 nitrogen and oxygen atoms in total. The van der Waals surface area contributed by atoms with Gasteiger partial charge in [0.15, 0.2) is 11.5 Å². The monoisotopic (exact) mass is 417 g/mol. The number of rotatable bonds is 5. The van der Waals surface area contributed by atoms with Gasteiger partial charge >= 0.3 is 5.97 Å². The number of carbonyl (C=O) groups is 1. The van der Waals surface area contributed by atoms with Crippen LogP contribution >= 0.6 is 0 Å². The molecule has 3 aromatic carbocycles. The average molecular weight is 418 g/mol. The summed E-state index contributed by atoms with van der Waals surface area (Å²) in [6, 6.07) is 22.3. The molecular weight excluding hydrogens is 390 g/mol. The smallest absolute Gasteiger partial charge is 0.303 e. The zero-order valence-electron chi connectivity index (χ0n) is 18.1. The lowest BCUT2D eigenvalue weighted by atomic mass is 9.90. The molecule has 1 aliphatic rings. The number of hydrogen-bond donors (Lipinski definition) is 0. The number of fused-ring (bicyclic) bond motifs is 3. The van der Waals surface area contributed by atoms with Gasteiger partial charge in [-0.1, -0.05) is 54.6 Å². The molecule has 0 bridgehead atoms. The van der Waals surface area contributed by atoms with Gasteiger partial charge in [0, 0.05) is 25.6 Å². The van der Waals surface area contributed by atoms with Crippen molar-refractivity contribution in [1.29, 1.82) is 0 Å². The molecule has 0 amide bonds. The molecule has 3 aromatic rings. The summed E-state index contributed by atoms with van der Waals surface area (Å²) < 4.78 is 17.6. The Labute approximate surface area is 183 Å². The van der Waals surface area contributed by atoms with Gasteiger partial charge < -0.3 is 14.2 Å². The highest BCUT2D eigenvalue weighted by molar-refractivity contribution is 5.75. The van der Waals surface area contributed by atoms with Crippen LogP contribution in [0.3, 0.4) is 0 Å². The summed E-state index contributed by atoms with van der Waals surface area (Å²) in [4.78, 5) is 14.0. The van der Waals surface area contributed by atoms with Crippen molar-refractivity contribution in [2.45, 2.75) is 26.2 Å². The number of hydrogen-bond acceptors (Lipinski definition) is 5. The van der Waals surface area contributed by atoms with Crippen molar-refractivity contribution in [2.75, 3.05) is 20.7 Å². The van der Waals surface area contributed by atoms with Crippen molar-refractivity contribution >= 4 is 5.97 Å². The number of benzene rings is 3. The molecule has 1 atom stereocenters. The second kappa shape index (κ2) is 9.23. The fourth-order valence-electron chi connectivity index (χ4n) is 4.04. The molecule has 1 aliphatic heterocycles. The van der Waals surface area contributed by atoms with E-state index in [9.17, 15) is 4.79 Å². The van der Waals surface area contributed by atoms with Crippen molar-refractivity contribution in [1.82, 2.24) is 4.90 Å². The first kappa shape index (κ1) is 20.9. The standard InChI is InChI=1S/C26H27NO4/c1-18(28)31-26-16-27(2)15-20-11-7-8-12-21(20)22-13-25(24(29-3)14-23(22)26)30-17-19-9-5-4-6-10-19/h4-14,26H,15-17H2,1-3H3. The van der Waals surface area contributed by atoms with E-state index in [4.69, 9.17) is 14.2 Å².